The minimum absolute atomic E-state index is 0.329. The van der Waals surface area contributed by atoms with Gasteiger partial charge in [-0.15, -0.1) is 0 Å². The zero-order valence-corrected chi connectivity index (χ0v) is 13.4. The fourth-order valence-corrected chi connectivity index (χ4v) is 1.85. The van der Waals surface area contributed by atoms with Gasteiger partial charge in [0.1, 0.15) is 5.75 Å². The normalized spacial score (nSPS) is 12.4. The third-order valence-electron chi connectivity index (χ3n) is 2.92. The number of allylic oxidation sites excluding steroid dienone is 1. The number of hydrogen-bond acceptors (Lipinski definition) is 3. The first-order valence-electron chi connectivity index (χ1n) is 7.12. The fraction of sp³-hybridized carbons (Fsp3) is 0.111. The summed E-state index contributed by atoms with van der Waals surface area (Å²) in [6.07, 6.45) is 4.50. The molecule has 0 fully saturated rings. The summed E-state index contributed by atoms with van der Waals surface area (Å²) in [5.74, 6) is 0.245. The predicted molar refractivity (Wildman–Crippen MR) is 93.7 cm³/mol. The Kier molecular flexibility index (Phi) is 6.39. The van der Waals surface area contributed by atoms with E-state index < -0.39 is 6.10 Å². The molecule has 1 atom stereocenters. The van der Waals surface area contributed by atoms with Gasteiger partial charge in [0.05, 0.1) is 0 Å². The van der Waals surface area contributed by atoms with E-state index >= 15 is 0 Å². The smallest absolute Gasteiger partial charge is 0.280 e. The molecule has 0 unspecified atom stereocenters. The Bertz CT molecular complexity index is 682. The average Bonchev–Trinajstić information content (AvgIpc) is 2.57. The van der Waals surface area contributed by atoms with Crippen molar-refractivity contribution in [1.82, 2.24) is 5.43 Å². The Morgan fingerprint density at radius 2 is 1.87 bits per heavy atom. The first kappa shape index (κ1) is 16.8. The van der Waals surface area contributed by atoms with Crippen LogP contribution in [0.4, 0.5) is 0 Å². The van der Waals surface area contributed by atoms with Crippen molar-refractivity contribution in [2.75, 3.05) is 0 Å². The molecule has 0 aromatic heterocycles. The minimum atomic E-state index is -0.661. The monoisotopic (exact) mass is 328 g/mol. The molecule has 0 heterocycles. The number of benzene rings is 2. The van der Waals surface area contributed by atoms with Gasteiger partial charge in [-0.05, 0) is 42.8 Å². The standard InChI is InChI=1S/C18H17ClN2O2/c1-14(23-17-11-9-16(19)10-12-17)18(22)21-20-13-5-8-15-6-3-2-4-7-15/h2-14H,1H3,(H,21,22)/b8-5+,20-13-/t14-/m0/s1. The van der Waals surface area contributed by atoms with E-state index in [1.807, 2.05) is 36.4 Å². The minimum Gasteiger partial charge on any atom is -0.481 e. The summed E-state index contributed by atoms with van der Waals surface area (Å²) < 4.78 is 5.49. The maximum Gasteiger partial charge on any atom is 0.280 e. The summed E-state index contributed by atoms with van der Waals surface area (Å²) in [4.78, 5) is 11.8. The highest BCUT2D eigenvalue weighted by Gasteiger charge is 2.13. The number of hydrogen-bond donors (Lipinski definition) is 1. The van der Waals surface area contributed by atoms with E-state index in [-0.39, 0.29) is 5.91 Å². The SMILES string of the molecule is C[C@H](Oc1ccc(Cl)cc1)C(=O)N/N=C\C=C\c1ccccc1. The van der Waals surface area contributed by atoms with Gasteiger partial charge >= 0.3 is 0 Å². The van der Waals surface area contributed by atoms with Crippen molar-refractivity contribution in [2.24, 2.45) is 5.10 Å². The number of carbonyl (C=O) groups excluding carboxylic acids is 1. The number of carbonyl (C=O) groups is 1. The van der Waals surface area contributed by atoms with Crippen molar-refractivity contribution in [3.63, 3.8) is 0 Å². The molecule has 0 spiro atoms. The van der Waals surface area contributed by atoms with Crippen molar-refractivity contribution in [2.45, 2.75) is 13.0 Å². The molecule has 0 aliphatic heterocycles. The summed E-state index contributed by atoms with van der Waals surface area (Å²) in [7, 11) is 0. The van der Waals surface area contributed by atoms with Crippen LogP contribution < -0.4 is 10.2 Å². The Morgan fingerprint density at radius 3 is 2.57 bits per heavy atom. The summed E-state index contributed by atoms with van der Waals surface area (Å²) in [5, 5.41) is 4.47. The summed E-state index contributed by atoms with van der Waals surface area (Å²) in [5.41, 5.74) is 3.49. The van der Waals surface area contributed by atoms with Gasteiger partial charge in [-0.2, -0.15) is 5.10 Å². The van der Waals surface area contributed by atoms with Crippen LogP contribution in [0.25, 0.3) is 6.08 Å². The lowest BCUT2D eigenvalue weighted by Crippen LogP contribution is -2.33. The van der Waals surface area contributed by atoms with Gasteiger partial charge in [0, 0.05) is 11.2 Å². The van der Waals surface area contributed by atoms with E-state index in [1.165, 1.54) is 6.21 Å². The second kappa shape index (κ2) is 8.76. The number of hydrazone groups is 1. The highest BCUT2D eigenvalue weighted by molar-refractivity contribution is 6.30. The molecule has 0 bridgehead atoms. The Balaban J connectivity index is 1.78. The third-order valence-corrected chi connectivity index (χ3v) is 3.17. The quantitative estimate of drug-likeness (QED) is 0.645. The molecule has 2 aromatic carbocycles. The zero-order valence-electron chi connectivity index (χ0n) is 12.6. The number of nitrogens with one attached hydrogen (secondary N) is 1. The van der Waals surface area contributed by atoms with Gasteiger partial charge in [0.25, 0.3) is 5.91 Å². The molecule has 0 aliphatic carbocycles. The number of ether oxygens (including phenoxy) is 1. The summed E-state index contributed by atoms with van der Waals surface area (Å²) in [6.45, 7) is 1.65. The maximum atomic E-state index is 11.8. The molecule has 1 amide bonds. The number of rotatable bonds is 6. The van der Waals surface area contributed by atoms with Gasteiger partial charge in [0.15, 0.2) is 6.10 Å². The highest BCUT2D eigenvalue weighted by Crippen LogP contribution is 2.16. The Hall–Kier alpha value is -2.59. The topological polar surface area (TPSA) is 50.7 Å². The second-order valence-corrected chi connectivity index (χ2v) is 5.17. The number of amides is 1. The first-order valence-corrected chi connectivity index (χ1v) is 7.50. The molecule has 4 nitrogen and oxygen atoms in total. The van der Waals surface area contributed by atoms with Crippen molar-refractivity contribution in [1.29, 1.82) is 0 Å². The van der Waals surface area contributed by atoms with Crippen LogP contribution in [0.5, 0.6) is 5.75 Å². The van der Waals surface area contributed by atoms with E-state index in [1.54, 1.807) is 37.3 Å². The molecule has 0 radical (unpaired) electrons. The second-order valence-electron chi connectivity index (χ2n) is 4.74. The van der Waals surface area contributed by atoms with Crippen molar-refractivity contribution in [3.8, 4) is 5.75 Å². The van der Waals surface area contributed by atoms with Crippen LogP contribution >= 0.6 is 11.6 Å². The molecular weight excluding hydrogens is 312 g/mol. The fourth-order valence-electron chi connectivity index (χ4n) is 1.72. The van der Waals surface area contributed by atoms with Gasteiger partial charge in [-0.1, -0.05) is 48.0 Å². The molecule has 2 rings (SSSR count). The molecule has 0 saturated heterocycles. The number of halogens is 1. The zero-order chi connectivity index (χ0) is 16.5. The van der Waals surface area contributed by atoms with Crippen molar-refractivity contribution in [3.05, 3.63) is 71.3 Å². The summed E-state index contributed by atoms with van der Waals surface area (Å²) >= 11 is 5.79. The predicted octanol–water partition coefficient (Wildman–Crippen LogP) is 3.92. The van der Waals surface area contributed by atoms with Crippen LogP contribution in [0.15, 0.2) is 65.8 Å². The van der Waals surface area contributed by atoms with E-state index in [0.29, 0.717) is 10.8 Å². The molecule has 0 saturated carbocycles. The van der Waals surface area contributed by atoms with Crippen LogP contribution in [-0.2, 0) is 4.79 Å². The Morgan fingerprint density at radius 1 is 1.17 bits per heavy atom. The van der Waals surface area contributed by atoms with Crippen molar-refractivity contribution < 1.29 is 9.53 Å². The van der Waals surface area contributed by atoms with E-state index in [9.17, 15) is 4.79 Å². The van der Waals surface area contributed by atoms with Crippen LogP contribution in [0.1, 0.15) is 12.5 Å². The lowest BCUT2D eigenvalue weighted by molar-refractivity contribution is -0.127. The van der Waals surface area contributed by atoms with Crippen LogP contribution in [-0.4, -0.2) is 18.2 Å². The van der Waals surface area contributed by atoms with Crippen LogP contribution in [0, 0.1) is 0 Å². The van der Waals surface area contributed by atoms with Gasteiger partial charge in [-0.25, -0.2) is 5.43 Å². The largest absolute Gasteiger partial charge is 0.481 e. The van der Waals surface area contributed by atoms with E-state index in [0.717, 1.165) is 5.56 Å². The molecule has 23 heavy (non-hydrogen) atoms. The highest BCUT2D eigenvalue weighted by atomic mass is 35.5. The molecule has 118 valence electrons. The molecule has 2 aromatic rings. The third kappa shape index (κ3) is 5.96. The lowest BCUT2D eigenvalue weighted by Gasteiger charge is -2.12. The molecular formula is C18H17ClN2O2. The van der Waals surface area contributed by atoms with E-state index in [2.05, 4.69) is 10.5 Å². The lowest BCUT2D eigenvalue weighted by atomic mass is 10.2. The average molecular weight is 329 g/mol. The summed E-state index contributed by atoms with van der Waals surface area (Å²) in [6, 6.07) is 16.6. The van der Waals surface area contributed by atoms with Gasteiger partial charge in [-0.3, -0.25) is 4.79 Å². The maximum absolute atomic E-state index is 11.8. The van der Waals surface area contributed by atoms with Crippen LogP contribution in [0.2, 0.25) is 5.02 Å². The van der Waals surface area contributed by atoms with Crippen molar-refractivity contribution >= 4 is 29.8 Å². The van der Waals surface area contributed by atoms with Gasteiger partial charge in [0.2, 0.25) is 0 Å². The van der Waals surface area contributed by atoms with Crippen LogP contribution in [0.3, 0.4) is 0 Å². The van der Waals surface area contributed by atoms with Gasteiger partial charge < -0.3 is 4.74 Å². The molecule has 5 heteroatoms. The first-order chi connectivity index (χ1) is 11.1. The Labute approximate surface area is 140 Å². The van der Waals surface area contributed by atoms with E-state index in [4.69, 9.17) is 16.3 Å². The molecule has 0 aliphatic rings. The number of nitrogens with zero attached hydrogens (tertiary/aromatic N) is 1. The molecule has 1 N–H and O–H groups in total.